The molecule has 0 spiro atoms. The number of nitrogens with one attached hydrogen (secondary N) is 2. The molecule has 168 valence electrons. The molecule has 6 atom stereocenters. The van der Waals surface area contributed by atoms with E-state index in [0.717, 1.165) is 12.8 Å². The standard InChI is InChI=1S/C16H38N4O6P2/c1-7-13(3)25-15(8-2)11-24-28(22,19-6)20-9-14(4)26-16(10-20)12-23-27(17,21)18-5/h13-16H,7-12H2,1-6H3,(H,19,22)(H3,17,18,21). The number of hydrogen-bond donors (Lipinski definition) is 3. The summed E-state index contributed by atoms with van der Waals surface area (Å²) in [6, 6.07) is 0. The average molecular weight is 444 g/mol. The Hall–Kier alpha value is 0.140. The molecule has 1 aliphatic heterocycles. The molecule has 1 saturated heterocycles. The van der Waals surface area contributed by atoms with Gasteiger partial charge >= 0.3 is 15.3 Å². The van der Waals surface area contributed by atoms with Crippen LogP contribution in [0.15, 0.2) is 0 Å². The van der Waals surface area contributed by atoms with Crippen molar-refractivity contribution in [1.82, 2.24) is 14.8 Å². The fraction of sp³-hybridized carbons (Fsp3) is 1.00. The normalized spacial score (nSPS) is 27.7. The van der Waals surface area contributed by atoms with E-state index in [4.69, 9.17) is 24.0 Å². The Labute approximate surface area is 169 Å². The molecule has 0 saturated carbocycles. The van der Waals surface area contributed by atoms with E-state index in [1.807, 2.05) is 20.8 Å². The quantitative estimate of drug-likeness (QED) is 0.365. The Bertz CT molecular complexity index is 555. The molecular weight excluding hydrogens is 406 g/mol. The molecule has 0 aliphatic carbocycles. The van der Waals surface area contributed by atoms with E-state index in [-0.39, 0.29) is 31.5 Å². The van der Waals surface area contributed by atoms with Gasteiger partial charge in [-0.1, -0.05) is 13.8 Å². The summed E-state index contributed by atoms with van der Waals surface area (Å²) < 4.78 is 49.8. The van der Waals surface area contributed by atoms with Crippen LogP contribution in [0.25, 0.3) is 0 Å². The number of rotatable bonds is 13. The van der Waals surface area contributed by atoms with Gasteiger partial charge in [0, 0.05) is 13.1 Å². The van der Waals surface area contributed by atoms with E-state index in [1.165, 1.54) is 7.05 Å². The van der Waals surface area contributed by atoms with Crippen LogP contribution < -0.4 is 15.7 Å². The van der Waals surface area contributed by atoms with Gasteiger partial charge in [0.2, 0.25) is 0 Å². The minimum atomic E-state index is -3.35. The topological polar surface area (TPSA) is 124 Å². The number of hydrogen-bond acceptors (Lipinski definition) is 6. The highest BCUT2D eigenvalue weighted by Gasteiger charge is 2.38. The second kappa shape index (κ2) is 12.1. The molecule has 1 heterocycles. The predicted octanol–water partition coefficient (Wildman–Crippen LogP) is 2.32. The molecule has 0 radical (unpaired) electrons. The summed E-state index contributed by atoms with van der Waals surface area (Å²) in [5, 5.41) is 5.28. The van der Waals surface area contributed by atoms with Crippen molar-refractivity contribution in [3.05, 3.63) is 0 Å². The number of nitrogens with two attached hydrogens (primary N) is 1. The Morgan fingerprint density at radius 3 is 2.39 bits per heavy atom. The number of nitrogens with zero attached hydrogens (tertiary/aromatic N) is 1. The molecule has 0 aromatic rings. The Morgan fingerprint density at radius 2 is 1.86 bits per heavy atom. The largest absolute Gasteiger partial charge is 0.373 e. The third-order valence-corrected chi connectivity index (χ3v) is 7.91. The predicted molar refractivity (Wildman–Crippen MR) is 110 cm³/mol. The Balaban J connectivity index is 2.73. The fourth-order valence-electron chi connectivity index (χ4n) is 2.74. The van der Waals surface area contributed by atoms with Crippen LogP contribution in [0.5, 0.6) is 0 Å². The smallest absolute Gasteiger partial charge is 0.343 e. The molecular formula is C16H38N4O6P2. The van der Waals surface area contributed by atoms with Gasteiger partial charge in [0.1, 0.15) is 0 Å². The number of ether oxygens (including phenoxy) is 2. The summed E-state index contributed by atoms with van der Waals surface area (Å²) >= 11 is 0. The zero-order valence-corrected chi connectivity index (χ0v) is 19.7. The lowest BCUT2D eigenvalue weighted by molar-refractivity contribution is -0.0764. The molecule has 1 fully saturated rings. The van der Waals surface area contributed by atoms with Gasteiger partial charge in [-0.2, -0.15) is 0 Å². The van der Waals surface area contributed by atoms with E-state index < -0.39 is 21.4 Å². The van der Waals surface area contributed by atoms with Crippen LogP contribution >= 0.6 is 15.3 Å². The van der Waals surface area contributed by atoms with Crippen LogP contribution in [0.1, 0.15) is 40.5 Å². The monoisotopic (exact) mass is 444 g/mol. The maximum atomic E-state index is 13.4. The molecule has 0 amide bonds. The van der Waals surface area contributed by atoms with Crippen molar-refractivity contribution in [3.63, 3.8) is 0 Å². The van der Waals surface area contributed by atoms with Gasteiger partial charge in [-0.3, -0.25) is 9.13 Å². The molecule has 1 rings (SSSR count). The van der Waals surface area contributed by atoms with Crippen LogP contribution in [0.4, 0.5) is 0 Å². The highest BCUT2D eigenvalue weighted by atomic mass is 31.2. The Kier molecular flexibility index (Phi) is 11.3. The van der Waals surface area contributed by atoms with Crippen molar-refractivity contribution < 1.29 is 27.7 Å². The van der Waals surface area contributed by atoms with Gasteiger partial charge < -0.3 is 18.5 Å². The molecule has 0 bridgehead atoms. The summed E-state index contributed by atoms with van der Waals surface area (Å²) in [5.41, 5.74) is 5.51. The molecule has 12 heteroatoms. The minimum Gasteiger partial charge on any atom is -0.373 e. The first kappa shape index (κ1) is 26.2. The fourth-order valence-corrected chi connectivity index (χ4v) is 5.04. The van der Waals surface area contributed by atoms with Crippen LogP contribution in [-0.4, -0.2) is 69.5 Å². The van der Waals surface area contributed by atoms with Crippen LogP contribution in [0.3, 0.4) is 0 Å². The first-order chi connectivity index (χ1) is 13.1. The lowest BCUT2D eigenvalue weighted by Gasteiger charge is -2.40. The van der Waals surface area contributed by atoms with Gasteiger partial charge in [-0.25, -0.2) is 20.3 Å². The summed E-state index contributed by atoms with van der Waals surface area (Å²) in [6.07, 6.45) is 1.02. The van der Waals surface area contributed by atoms with E-state index in [1.54, 1.807) is 11.7 Å². The summed E-state index contributed by atoms with van der Waals surface area (Å²) in [6.45, 7) is 8.94. The van der Waals surface area contributed by atoms with Gasteiger partial charge in [0.15, 0.2) is 0 Å². The molecule has 0 aromatic heterocycles. The third-order valence-electron chi connectivity index (χ3n) is 4.62. The van der Waals surface area contributed by atoms with Crippen molar-refractivity contribution in [3.8, 4) is 0 Å². The lowest BCUT2D eigenvalue weighted by Crippen LogP contribution is -2.48. The van der Waals surface area contributed by atoms with Crippen molar-refractivity contribution in [2.24, 2.45) is 5.50 Å². The highest BCUT2D eigenvalue weighted by molar-refractivity contribution is 7.54. The first-order valence-electron chi connectivity index (χ1n) is 9.81. The van der Waals surface area contributed by atoms with E-state index in [2.05, 4.69) is 17.1 Å². The second-order valence-corrected chi connectivity index (χ2v) is 11.2. The zero-order chi connectivity index (χ0) is 21.4. The molecule has 10 nitrogen and oxygen atoms in total. The molecule has 28 heavy (non-hydrogen) atoms. The molecule has 0 aromatic carbocycles. The minimum absolute atomic E-state index is 0.0217. The summed E-state index contributed by atoms with van der Waals surface area (Å²) in [5.74, 6) is 0. The maximum absolute atomic E-state index is 13.4. The molecule has 6 unspecified atom stereocenters. The van der Waals surface area contributed by atoms with Crippen molar-refractivity contribution in [2.45, 2.75) is 65.0 Å². The second-order valence-electron chi connectivity index (χ2n) is 6.98. The maximum Gasteiger partial charge on any atom is 0.343 e. The van der Waals surface area contributed by atoms with E-state index >= 15 is 0 Å². The summed E-state index contributed by atoms with van der Waals surface area (Å²) in [4.78, 5) is 0. The van der Waals surface area contributed by atoms with Gasteiger partial charge in [0.05, 0.1) is 37.6 Å². The zero-order valence-electron chi connectivity index (χ0n) is 17.9. The molecule has 4 N–H and O–H groups in total. The average Bonchev–Trinajstić information content (AvgIpc) is 2.68. The first-order valence-corrected chi connectivity index (χ1v) is 13.1. The third kappa shape index (κ3) is 8.48. The van der Waals surface area contributed by atoms with Crippen molar-refractivity contribution in [2.75, 3.05) is 40.4 Å². The summed E-state index contributed by atoms with van der Waals surface area (Å²) in [7, 11) is -3.57. The van der Waals surface area contributed by atoms with E-state index in [9.17, 15) is 9.13 Å². The van der Waals surface area contributed by atoms with Gasteiger partial charge in [-0.15, -0.1) is 0 Å². The van der Waals surface area contributed by atoms with E-state index in [0.29, 0.717) is 13.1 Å². The molecule has 1 aliphatic rings. The van der Waals surface area contributed by atoms with Gasteiger partial charge in [-0.05, 0) is 40.8 Å². The van der Waals surface area contributed by atoms with Crippen LogP contribution in [0, 0.1) is 0 Å². The van der Waals surface area contributed by atoms with Crippen molar-refractivity contribution >= 4 is 15.3 Å². The van der Waals surface area contributed by atoms with Crippen molar-refractivity contribution in [1.29, 1.82) is 0 Å². The highest BCUT2D eigenvalue weighted by Crippen LogP contribution is 2.48. The Morgan fingerprint density at radius 1 is 1.18 bits per heavy atom. The number of morpholine rings is 1. The van der Waals surface area contributed by atoms with Crippen LogP contribution in [0.2, 0.25) is 0 Å². The van der Waals surface area contributed by atoms with Gasteiger partial charge in [0.25, 0.3) is 0 Å². The lowest BCUT2D eigenvalue weighted by atomic mass is 10.2. The van der Waals surface area contributed by atoms with Crippen LogP contribution in [-0.2, 0) is 27.7 Å². The SMILES string of the molecule is CCC(C)OC(CC)COP(=O)(NC)N1CC(C)OC(COP(N)(=O)NC)C1.